The highest BCUT2D eigenvalue weighted by Gasteiger charge is 2.26. The predicted molar refractivity (Wildman–Crippen MR) is 66.0 cm³/mol. The number of rotatable bonds is 2. The van der Waals surface area contributed by atoms with E-state index in [1.807, 2.05) is 6.07 Å². The Morgan fingerprint density at radius 3 is 2.78 bits per heavy atom. The van der Waals surface area contributed by atoms with Gasteiger partial charge in [0.15, 0.2) is 11.6 Å². The van der Waals surface area contributed by atoms with E-state index in [4.69, 9.17) is 0 Å². The molecular formula is C14H10N2O2. The summed E-state index contributed by atoms with van der Waals surface area (Å²) in [5.74, 6) is -1.16. The highest BCUT2D eigenvalue weighted by Crippen LogP contribution is 2.13. The van der Waals surface area contributed by atoms with Crippen LogP contribution in [0.4, 0.5) is 0 Å². The lowest BCUT2D eigenvalue weighted by molar-refractivity contribution is -0.114. The second-order valence-corrected chi connectivity index (χ2v) is 4.12. The minimum atomic E-state index is -0.761. The monoisotopic (exact) mass is 238 g/mol. The fourth-order valence-corrected chi connectivity index (χ4v) is 2.02. The van der Waals surface area contributed by atoms with Gasteiger partial charge in [0.25, 0.3) is 0 Å². The topological polar surface area (TPSA) is 62.8 Å². The molecule has 1 atom stereocenters. The lowest BCUT2D eigenvalue weighted by Gasteiger charge is -2.10. The first-order chi connectivity index (χ1) is 8.75. The Balaban J connectivity index is 2.05. The third kappa shape index (κ3) is 1.68. The van der Waals surface area contributed by atoms with E-state index < -0.39 is 5.92 Å². The zero-order valence-electron chi connectivity index (χ0n) is 9.46. The highest BCUT2D eigenvalue weighted by molar-refractivity contribution is 6.24. The van der Waals surface area contributed by atoms with Gasteiger partial charge in [0.2, 0.25) is 0 Å². The number of carbonyl (C=O) groups excluding carboxylic acids is 2. The van der Waals surface area contributed by atoms with E-state index in [-0.39, 0.29) is 11.6 Å². The molecular weight excluding hydrogens is 228 g/mol. The van der Waals surface area contributed by atoms with Crippen LogP contribution >= 0.6 is 0 Å². The van der Waals surface area contributed by atoms with Crippen molar-refractivity contribution in [1.82, 2.24) is 9.97 Å². The number of aromatic nitrogens is 2. The molecule has 3 rings (SSSR count). The molecule has 0 saturated carbocycles. The number of fused-ring (bicyclic) bond motifs is 1. The Bertz CT molecular complexity index is 729. The molecule has 0 saturated heterocycles. The second-order valence-electron chi connectivity index (χ2n) is 4.12. The lowest BCUT2D eigenvalue weighted by Crippen LogP contribution is -2.36. The molecule has 1 heterocycles. The molecule has 0 amide bonds. The maximum atomic E-state index is 12.2. The van der Waals surface area contributed by atoms with Crippen LogP contribution in [0.1, 0.15) is 10.4 Å². The maximum absolute atomic E-state index is 12.2. The molecule has 0 radical (unpaired) electrons. The van der Waals surface area contributed by atoms with Crippen LogP contribution in [-0.4, -0.2) is 21.5 Å². The summed E-state index contributed by atoms with van der Waals surface area (Å²) < 4.78 is 0. The summed E-state index contributed by atoms with van der Waals surface area (Å²) in [5, 5.41) is 1.32. The summed E-state index contributed by atoms with van der Waals surface area (Å²) in [5.41, 5.74) is 0.541. The molecule has 1 N–H and O–H groups in total. The van der Waals surface area contributed by atoms with Gasteiger partial charge in [-0.05, 0) is 6.08 Å². The zero-order chi connectivity index (χ0) is 12.5. The Morgan fingerprint density at radius 2 is 2.00 bits per heavy atom. The van der Waals surface area contributed by atoms with Crippen molar-refractivity contribution in [3.05, 3.63) is 52.9 Å². The quantitative estimate of drug-likeness (QED) is 0.594. The van der Waals surface area contributed by atoms with E-state index in [1.165, 1.54) is 12.4 Å². The van der Waals surface area contributed by atoms with Gasteiger partial charge in [0.05, 0.1) is 17.0 Å². The summed E-state index contributed by atoms with van der Waals surface area (Å²) in [6, 6.07) is 8.82. The SMILES string of the molecule is O=C1C=c2[nH]cnc2=CC1C(=O)c1ccccc1. The van der Waals surface area contributed by atoms with Crippen LogP contribution in [0.3, 0.4) is 0 Å². The second kappa shape index (κ2) is 4.07. The number of Topliss-reactive ketones (excluding diaryl/α,β-unsaturated/α-hetero) is 2. The Hall–Kier alpha value is -2.49. The van der Waals surface area contributed by atoms with Crippen LogP contribution in [0.25, 0.3) is 12.2 Å². The molecule has 1 aliphatic rings. The van der Waals surface area contributed by atoms with E-state index in [1.54, 1.807) is 30.3 Å². The summed E-state index contributed by atoms with van der Waals surface area (Å²) in [4.78, 5) is 31.1. The first kappa shape index (κ1) is 10.7. The largest absolute Gasteiger partial charge is 0.345 e. The molecule has 4 nitrogen and oxygen atoms in total. The number of H-pyrrole nitrogens is 1. The van der Waals surface area contributed by atoms with E-state index in [2.05, 4.69) is 9.97 Å². The Kier molecular flexibility index (Phi) is 2.41. The number of aromatic amines is 1. The minimum absolute atomic E-state index is 0.189. The van der Waals surface area contributed by atoms with Gasteiger partial charge < -0.3 is 4.98 Å². The summed E-state index contributed by atoms with van der Waals surface area (Å²) >= 11 is 0. The van der Waals surface area contributed by atoms with Crippen molar-refractivity contribution >= 4 is 23.7 Å². The van der Waals surface area contributed by atoms with Crippen LogP contribution in [0.2, 0.25) is 0 Å². The van der Waals surface area contributed by atoms with E-state index >= 15 is 0 Å². The Labute approximate surface area is 103 Å². The van der Waals surface area contributed by atoms with Crippen molar-refractivity contribution in [3.8, 4) is 0 Å². The van der Waals surface area contributed by atoms with E-state index in [9.17, 15) is 9.59 Å². The number of hydrogen-bond donors (Lipinski definition) is 1. The number of nitrogens with one attached hydrogen (secondary N) is 1. The first-order valence-electron chi connectivity index (χ1n) is 5.62. The van der Waals surface area contributed by atoms with E-state index in [0.717, 1.165) is 0 Å². The van der Waals surface area contributed by atoms with E-state index in [0.29, 0.717) is 16.3 Å². The summed E-state index contributed by atoms with van der Waals surface area (Å²) in [7, 11) is 0. The molecule has 0 aliphatic heterocycles. The van der Waals surface area contributed by atoms with Gasteiger partial charge >= 0.3 is 0 Å². The molecule has 1 aliphatic carbocycles. The third-order valence-corrected chi connectivity index (χ3v) is 2.96. The third-order valence-electron chi connectivity index (χ3n) is 2.96. The normalized spacial score (nSPS) is 17.6. The van der Waals surface area contributed by atoms with Gasteiger partial charge in [-0.3, -0.25) is 9.59 Å². The molecule has 4 heteroatoms. The number of benzene rings is 1. The summed E-state index contributed by atoms with van der Waals surface area (Å²) in [6.07, 6.45) is 4.57. The lowest BCUT2D eigenvalue weighted by atomic mass is 9.91. The fraction of sp³-hybridized carbons (Fsp3) is 0.0714. The molecule has 0 fully saturated rings. The van der Waals surface area contributed by atoms with Crippen LogP contribution < -0.4 is 10.7 Å². The standard InChI is InChI=1S/C14H10N2O2/c17-13-7-12-11(15-8-16-12)6-10(13)14(18)9-4-2-1-3-5-9/h1-8,10H,(H,15,16). The van der Waals surface area contributed by atoms with Crippen molar-refractivity contribution in [3.63, 3.8) is 0 Å². The average molecular weight is 238 g/mol. The minimum Gasteiger partial charge on any atom is -0.345 e. The maximum Gasteiger partial charge on any atom is 0.177 e. The number of imidazole rings is 1. The van der Waals surface area contributed by atoms with Crippen LogP contribution in [0.5, 0.6) is 0 Å². The van der Waals surface area contributed by atoms with Crippen molar-refractivity contribution < 1.29 is 9.59 Å². The molecule has 18 heavy (non-hydrogen) atoms. The van der Waals surface area contributed by atoms with Crippen molar-refractivity contribution in [1.29, 1.82) is 0 Å². The molecule has 88 valence electrons. The van der Waals surface area contributed by atoms with Gasteiger partial charge in [-0.25, -0.2) is 4.98 Å². The molecule has 0 spiro atoms. The highest BCUT2D eigenvalue weighted by atomic mass is 16.1. The van der Waals surface area contributed by atoms with Crippen LogP contribution in [-0.2, 0) is 4.79 Å². The Morgan fingerprint density at radius 1 is 1.22 bits per heavy atom. The molecule has 2 aromatic rings. The number of ketones is 2. The van der Waals surface area contributed by atoms with Crippen molar-refractivity contribution in [2.75, 3.05) is 0 Å². The van der Waals surface area contributed by atoms with Crippen molar-refractivity contribution in [2.24, 2.45) is 5.92 Å². The van der Waals surface area contributed by atoms with Gasteiger partial charge in [-0.2, -0.15) is 0 Å². The first-order valence-corrected chi connectivity index (χ1v) is 5.62. The number of carbonyl (C=O) groups is 2. The van der Waals surface area contributed by atoms with Crippen LogP contribution in [0, 0.1) is 5.92 Å². The fourth-order valence-electron chi connectivity index (χ4n) is 2.02. The zero-order valence-corrected chi connectivity index (χ0v) is 9.46. The average Bonchev–Trinajstić information content (AvgIpc) is 2.85. The number of nitrogens with zero attached hydrogens (tertiary/aromatic N) is 1. The smallest absolute Gasteiger partial charge is 0.177 e. The molecule has 1 unspecified atom stereocenters. The molecule has 0 bridgehead atoms. The number of hydrogen-bond acceptors (Lipinski definition) is 3. The molecule has 1 aromatic heterocycles. The van der Waals surface area contributed by atoms with Gasteiger partial charge in [-0.15, -0.1) is 0 Å². The van der Waals surface area contributed by atoms with Crippen LogP contribution in [0.15, 0.2) is 36.7 Å². The van der Waals surface area contributed by atoms with Gasteiger partial charge in [0.1, 0.15) is 5.92 Å². The molecule has 1 aromatic carbocycles. The summed E-state index contributed by atoms with van der Waals surface area (Å²) in [6.45, 7) is 0. The van der Waals surface area contributed by atoms with Gasteiger partial charge in [-0.1, -0.05) is 30.3 Å². The predicted octanol–water partition coefficient (Wildman–Crippen LogP) is 0.0525. The van der Waals surface area contributed by atoms with Gasteiger partial charge in [0, 0.05) is 11.6 Å². The van der Waals surface area contributed by atoms with Crippen molar-refractivity contribution in [2.45, 2.75) is 0 Å².